The summed E-state index contributed by atoms with van der Waals surface area (Å²) in [6, 6.07) is 1.55. The maximum Gasteiger partial charge on any atom is 0.236 e. The van der Waals surface area contributed by atoms with Crippen molar-refractivity contribution in [1.29, 1.82) is 0 Å². The zero-order valence-electron chi connectivity index (χ0n) is 19.6. The molecule has 4 aliphatic rings. The molecule has 0 aromatic heterocycles. The van der Waals surface area contributed by atoms with Crippen molar-refractivity contribution in [1.82, 2.24) is 19.6 Å². The Bertz CT molecular complexity index is 515. The van der Waals surface area contributed by atoms with Gasteiger partial charge in [0.05, 0.1) is 6.54 Å². The lowest BCUT2D eigenvalue weighted by Crippen LogP contribution is -2.54. The summed E-state index contributed by atoms with van der Waals surface area (Å²) < 4.78 is 0. The van der Waals surface area contributed by atoms with Gasteiger partial charge in [-0.2, -0.15) is 0 Å². The second kappa shape index (κ2) is 11.3. The zero-order valence-corrected chi connectivity index (χ0v) is 19.6. The summed E-state index contributed by atoms with van der Waals surface area (Å²) in [5.74, 6) is 1.35. The second-order valence-electron chi connectivity index (χ2n) is 10.5. The molecule has 0 radical (unpaired) electrons. The first kappa shape index (κ1) is 22.5. The summed E-state index contributed by atoms with van der Waals surface area (Å²) in [4.78, 5) is 23.0. The Morgan fingerprint density at radius 1 is 0.867 bits per heavy atom. The van der Waals surface area contributed by atoms with Gasteiger partial charge in [0.1, 0.15) is 0 Å². The van der Waals surface area contributed by atoms with Gasteiger partial charge < -0.3 is 9.80 Å². The van der Waals surface area contributed by atoms with E-state index in [1.165, 1.54) is 83.7 Å². The first-order valence-corrected chi connectivity index (χ1v) is 13.2. The normalized spacial score (nSPS) is 25.9. The number of hydrogen-bond acceptors (Lipinski definition) is 4. The maximum atomic E-state index is 12.9. The zero-order chi connectivity index (χ0) is 20.8. The van der Waals surface area contributed by atoms with Crippen LogP contribution in [0.4, 0.5) is 0 Å². The highest BCUT2D eigenvalue weighted by Gasteiger charge is 2.32. The lowest BCUT2D eigenvalue weighted by molar-refractivity contribution is -0.135. The van der Waals surface area contributed by atoms with Gasteiger partial charge in [-0.1, -0.05) is 32.6 Å². The van der Waals surface area contributed by atoms with Crippen LogP contribution >= 0.6 is 0 Å². The van der Waals surface area contributed by atoms with Crippen molar-refractivity contribution in [3.8, 4) is 0 Å². The number of carbonyl (C=O) groups excluding carboxylic acids is 1. The highest BCUT2D eigenvalue weighted by molar-refractivity contribution is 5.78. The summed E-state index contributed by atoms with van der Waals surface area (Å²) >= 11 is 0. The van der Waals surface area contributed by atoms with Gasteiger partial charge >= 0.3 is 0 Å². The molecule has 5 heteroatoms. The van der Waals surface area contributed by atoms with Crippen molar-refractivity contribution in [3.05, 3.63) is 0 Å². The molecule has 1 amide bonds. The van der Waals surface area contributed by atoms with Crippen LogP contribution in [-0.2, 0) is 4.79 Å². The number of likely N-dealkylation sites (tertiary alicyclic amines) is 1. The molecule has 2 aliphatic heterocycles. The molecular formula is C25H46N4O. The largest absolute Gasteiger partial charge is 0.339 e. The molecule has 0 aromatic carbocycles. The minimum Gasteiger partial charge on any atom is -0.339 e. The SMILES string of the molecule is CCCCN(CC1CC1)C1CCN(CC(=O)N2CCN(C3CCCCC3)CC2)CC1. The lowest BCUT2D eigenvalue weighted by atomic mass is 9.94. The first-order valence-electron chi connectivity index (χ1n) is 13.2. The fourth-order valence-electron chi connectivity index (χ4n) is 5.93. The quantitative estimate of drug-likeness (QED) is 0.574. The number of carbonyl (C=O) groups is 1. The van der Waals surface area contributed by atoms with E-state index >= 15 is 0 Å². The Morgan fingerprint density at radius 3 is 2.20 bits per heavy atom. The Hall–Kier alpha value is -0.650. The maximum absolute atomic E-state index is 12.9. The van der Waals surface area contributed by atoms with Crippen LogP contribution in [0, 0.1) is 5.92 Å². The molecule has 2 aliphatic carbocycles. The van der Waals surface area contributed by atoms with Crippen LogP contribution in [0.1, 0.15) is 77.6 Å². The lowest BCUT2D eigenvalue weighted by Gasteiger charge is -2.42. The molecule has 2 saturated heterocycles. The van der Waals surface area contributed by atoms with Gasteiger partial charge in [0.25, 0.3) is 0 Å². The number of amides is 1. The molecular weight excluding hydrogens is 372 g/mol. The Morgan fingerprint density at radius 2 is 1.57 bits per heavy atom. The van der Waals surface area contributed by atoms with Crippen LogP contribution in [0.15, 0.2) is 0 Å². The number of rotatable bonds is 9. The molecule has 5 nitrogen and oxygen atoms in total. The third kappa shape index (κ3) is 6.43. The molecule has 2 heterocycles. The van der Waals surface area contributed by atoms with E-state index in [1.807, 2.05) is 0 Å². The van der Waals surface area contributed by atoms with Crippen molar-refractivity contribution in [2.75, 3.05) is 58.9 Å². The fraction of sp³-hybridized carbons (Fsp3) is 0.960. The minimum absolute atomic E-state index is 0.373. The van der Waals surface area contributed by atoms with Crippen LogP contribution < -0.4 is 0 Å². The van der Waals surface area contributed by atoms with Crippen LogP contribution in [0.3, 0.4) is 0 Å². The fourth-order valence-corrected chi connectivity index (χ4v) is 5.93. The smallest absolute Gasteiger partial charge is 0.236 e. The predicted molar refractivity (Wildman–Crippen MR) is 124 cm³/mol. The van der Waals surface area contributed by atoms with Gasteiger partial charge in [-0.3, -0.25) is 14.6 Å². The van der Waals surface area contributed by atoms with E-state index in [0.29, 0.717) is 12.5 Å². The number of piperidine rings is 1. The predicted octanol–water partition coefficient (Wildman–Crippen LogP) is 3.44. The molecule has 4 fully saturated rings. The standard InChI is InChI=1S/C25H46N4O/c1-2-3-13-29(20-22-9-10-22)24-11-14-26(15-12-24)21-25(30)28-18-16-27(17-19-28)23-7-5-4-6-8-23/h22-24H,2-21H2,1H3. The molecule has 30 heavy (non-hydrogen) atoms. The summed E-state index contributed by atoms with van der Waals surface area (Å²) in [6.45, 7) is 11.8. The highest BCUT2D eigenvalue weighted by atomic mass is 16.2. The van der Waals surface area contributed by atoms with Crippen molar-refractivity contribution < 1.29 is 4.79 Å². The molecule has 0 bridgehead atoms. The Labute approximate surface area is 185 Å². The van der Waals surface area contributed by atoms with Gasteiger partial charge in [-0.05, 0) is 57.4 Å². The van der Waals surface area contributed by atoms with E-state index in [4.69, 9.17) is 0 Å². The molecule has 0 atom stereocenters. The molecule has 0 N–H and O–H groups in total. The Balaban J connectivity index is 1.16. The number of piperazine rings is 1. The van der Waals surface area contributed by atoms with Crippen molar-refractivity contribution in [2.24, 2.45) is 5.92 Å². The van der Waals surface area contributed by atoms with Crippen LogP contribution in [0.5, 0.6) is 0 Å². The van der Waals surface area contributed by atoms with E-state index in [9.17, 15) is 4.79 Å². The van der Waals surface area contributed by atoms with Gasteiger partial charge in [0, 0.05) is 57.9 Å². The summed E-state index contributed by atoms with van der Waals surface area (Å²) in [6.07, 6.45) is 15.0. The molecule has 0 unspecified atom stereocenters. The molecule has 0 spiro atoms. The van der Waals surface area contributed by atoms with Crippen molar-refractivity contribution in [3.63, 3.8) is 0 Å². The van der Waals surface area contributed by atoms with Crippen LogP contribution in [-0.4, -0.2) is 96.5 Å². The van der Waals surface area contributed by atoms with Gasteiger partial charge in [0.2, 0.25) is 5.91 Å². The summed E-state index contributed by atoms with van der Waals surface area (Å²) in [7, 11) is 0. The van der Waals surface area contributed by atoms with Crippen LogP contribution in [0.25, 0.3) is 0 Å². The topological polar surface area (TPSA) is 30.0 Å². The van der Waals surface area contributed by atoms with Gasteiger partial charge in [-0.15, -0.1) is 0 Å². The van der Waals surface area contributed by atoms with Crippen LogP contribution in [0.2, 0.25) is 0 Å². The molecule has 4 rings (SSSR count). The number of nitrogens with zero attached hydrogens (tertiary/aromatic N) is 4. The van der Waals surface area contributed by atoms with E-state index in [-0.39, 0.29) is 0 Å². The molecule has 2 saturated carbocycles. The summed E-state index contributed by atoms with van der Waals surface area (Å²) in [5, 5.41) is 0. The third-order valence-corrected chi connectivity index (χ3v) is 8.18. The van der Waals surface area contributed by atoms with E-state index < -0.39 is 0 Å². The van der Waals surface area contributed by atoms with Gasteiger partial charge in [0.15, 0.2) is 0 Å². The Kier molecular flexibility index (Phi) is 8.48. The average Bonchev–Trinajstić information content (AvgIpc) is 3.62. The number of unbranched alkanes of at least 4 members (excludes halogenated alkanes) is 1. The average molecular weight is 419 g/mol. The molecule has 172 valence electrons. The highest BCUT2D eigenvalue weighted by Crippen LogP contribution is 2.31. The number of hydrogen-bond donors (Lipinski definition) is 0. The monoisotopic (exact) mass is 418 g/mol. The van der Waals surface area contributed by atoms with E-state index in [1.54, 1.807) is 0 Å². The first-order chi connectivity index (χ1) is 14.7. The van der Waals surface area contributed by atoms with Crippen molar-refractivity contribution >= 4 is 5.91 Å². The van der Waals surface area contributed by atoms with Gasteiger partial charge in [-0.25, -0.2) is 0 Å². The summed E-state index contributed by atoms with van der Waals surface area (Å²) in [5.41, 5.74) is 0. The van der Waals surface area contributed by atoms with E-state index in [2.05, 4.69) is 26.5 Å². The second-order valence-corrected chi connectivity index (χ2v) is 10.5. The molecule has 0 aromatic rings. The van der Waals surface area contributed by atoms with Crippen molar-refractivity contribution in [2.45, 2.75) is 89.6 Å². The third-order valence-electron chi connectivity index (χ3n) is 8.18. The van der Waals surface area contributed by atoms with E-state index in [0.717, 1.165) is 57.3 Å². The minimum atomic E-state index is 0.373.